The third kappa shape index (κ3) is 5.20. The number of thioether (sulfide) groups is 1. The van der Waals surface area contributed by atoms with Gasteiger partial charge in [-0.05, 0) is 30.4 Å². The van der Waals surface area contributed by atoms with E-state index in [0.29, 0.717) is 32.6 Å². The number of nitrogens with zero attached hydrogens (tertiary/aromatic N) is 3. The number of amides is 3. The van der Waals surface area contributed by atoms with Crippen LogP contribution in [0.2, 0.25) is 0 Å². The van der Waals surface area contributed by atoms with Gasteiger partial charge in [0.25, 0.3) is 0 Å². The number of benzene rings is 2. The maximum absolute atomic E-state index is 14.8. The molecule has 1 spiro atoms. The van der Waals surface area contributed by atoms with Crippen LogP contribution in [0.4, 0.5) is 0 Å². The van der Waals surface area contributed by atoms with Crippen molar-refractivity contribution in [3.63, 3.8) is 0 Å². The van der Waals surface area contributed by atoms with E-state index in [1.54, 1.807) is 38.6 Å². The van der Waals surface area contributed by atoms with Crippen molar-refractivity contribution in [2.75, 3.05) is 26.2 Å². The Balaban J connectivity index is 1.59. The van der Waals surface area contributed by atoms with Crippen molar-refractivity contribution in [3.8, 4) is 0 Å². The zero-order chi connectivity index (χ0) is 29.9. The SMILES string of the molecule is C=CCN(Cc1ccccc1)C(=O)C1N([C@H](CO)c2ccccc2)C(=O)[C@@H]2[C@H](C(=O)N(CC=C)CCC)[C@@H]3CCC12S3. The van der Waals surface area contributed by atoms with E-state index >= 15 is 0 Å². The lowest BCUT2D eigenvalue weighted by Gasteiger charge is -2.40. The minimum absolute atomic E-state index is 0.0284. The van der Waals surface area contributed by atoms with Crippen molar-refractivity contribution in [1.29, 1.82) is 0 Å². The first-order valence-electron chi connectivity index (χ1n) is 14.9. The van der Waals surface area contributed by atoms with Crippen LogP contribution in [-0.4, -0.2) is 79.8 Å². The highest BCUT2D eigenvalue weighted by molar-refractivity contribution is 8.02. The highest BCUT2D eigenvalue weighted by Crippen LogP contribution is 2.67. The number of fused-ring (bicyclic) bond motifs is 1. The summed E-state index contributed by atoms with van der Waals surface area (Å²) in [5.74, 6) is -1.55. The van der Waals surface area contributed by atoms with Crippen LogP contribution in [0.15, 0.2) is 86.0 Å². The molecule has 0 aliphatic carbocycles. The predicted octanol–water partition coefficient (Wildman–Crippen LogP) is 4.45. The lowest BCUT2D eigenvalue weighted by atomic mass is 9.70. The average molecular weight is 588 g/mol. The molecule has 42 heavy (non-hydrogen) atoms. The average Bonchev–Trinajstić information content (AvgIpc) is 3.65. The Morgan fingerprint density at radius 3 is 2.31 bits per heavy atom. The van der Waals surface area contributed by atoms with Gasteiger partial charge >= 0.3 is 0 Å². The Labute approximate surface area is 253 Å². The molecule has 3 aliphatic heterocycles. The first-order chi connectivity index (χ1) is 20.4. The summed E-state index contributed by atoms with van der Waals surface area (Å²) >= 11 is 1.66. The molecule has 3 heterocycles. The molecule has 7 nitrogen and oxygen atoms in total. The molecule has 5 rings (SSSR count). The van der Waals surface area contributed by atoms with Crippen LogP contribution in [0.1, 0.15) is 43.4 Å². The molecule has 0 saturated carbocycles. The van der Waals surface area contributed by atoms with Crippen molar-refractivity contribution in [3.05, 3.63) is 97.1 Å². The van der Waals surface area contributed by atoms with E-state index in [1.165, 1.54) is 0 Å². The van der Waals surface area contributed by atoms with Crippen molar-refractivity contribution < 1.29 is 19.5 Å². The molecule has 8 heteroatoms. The van der Waals surface area contributed by atoms with Crippen molar-refractivity contribution in [2.24, 2.45) is 11.8 Å². The van der Waals surface area contributed by atoms with Gasteiger partial charge < -0.3 is 19.8 Å². The van der Waals surface area contributed by atoms with Gasteiger partial charge in [0.05, 0.1) is 29.2 Å². The van der Waals surface area contributed by atoms with Gasteiger partial charge in [0.15, 0.2) is 0 Å². The second-order valence-electron chi connectivity index (χ2n) is 11.5. The summed E-state index contributed by atoms with van der Waals surface area (Å²) in [6.45, 7) is 11.2. The van der Waals surface area contributed by atoms with E-state index in [2.05, 4.69) is 13.2 Å². The standard InChI is InChI=1S/C34H41N3O4S/c1-4-19-35(20-5-2)31(39)28-27-17-18-34(42-27)29(28)32(40)37(26(23-38)25-15-11-8-12-16-25)30(34)33(41)36(21-6-3)22-24-13-9-7-10-14-24/h4,6-16,26-30,38H,1,3,5,17-23H2,2H3/t26-,27+,28-,29+,30?,34?/m1/s1. The van der Waals surface area contributed by atoms with Gasteiger partial charge in [0.2, 0.25) is 17.7 Å². The number of hydrogen-bond acceptors (Lipinski definition) is 5. The summed E-state index contributed by atoms with van der Waals surface area (Å²) < 4.78 is -0.746. The molecule has 3 amide bonds. The lowest BCUT2D eigenvalue weighted by Crippen LogP contribution is -2.55. The highest BCUT2D eigenvalue weighted by atomic mass is 32.2. The Morgan fingerprint density at radius 2 is 1.69 bits per heavy atom. The summed E-state index contributed by atoms with van der Waals surface area (Å²) in [5, 5.41) is 10.7. The molecule has 3 fully saturated rings. The normalized spacial score (nSPS) is 26.5. The predicted molar refractivity (Wildman–Crippen MR) is 166 cm³/mol. The fourth-order valence-corrected chi connectivity index (χ4v) is 9.50. The number of hydrogen-bond donors (Lipinski definition) is 1. The Kier molecular flexibility index (Phi) is 9.23. The lowest BCUT2D eigenvalue weighted by molar-refractivity contribution is -0.147. The number of aliphatic hydroxyl groups excluding tert-OH is 1. The maximum atomic E-state index is 14.8. The minimum atomic E-state index is -0.817. The second-order valence-corrected chi connectivity index (χ2v) is 13.1. The smallest absolute Gasteiger partial charge is 0.247 e. The number of rotatable bonds is 13. The molecule has 2 aromatic carbocycles. The highest BCUT2D eigenvalue weighted by Gasteiger charge is 2.74. The first kappa shape index (κ1) is 30.1. The van der Waals surface area contributed by atoms with Gasteiger partial charge in [0, 0.05) is 31.4 Å². The molecule has 2 aromatic rings. The molecule has 3 aliphatic rings. The van der Waals surface area contributed by atoms with E-state index < -0.39 is 28.7 Å². The van der Waals surface area contributed by atoms with Crippen LogP contribution >= 0.6 is 11.8 Å². The number of likely N-dealkylation sites (tertiary alicyclic amines) is 1. The van der Waals surface area contributed by atoms with E-state index in [9.17, 15) is 19.5 Å². The van der Waals surface area contributed by atoms with Gasteiger partial charge in [-0.25, -0.2) is 0 Å². The van der Waals surface area contributed by atoms with Gasteiger partial charge in [0.1, 0.15) is 6.04 Å². The molecule has 222 valence electrons. The van der Waals surface area contributed by atoms with E-state index in [4.69, 9.17) is 0 Å². The zero-order valence-electron chi connectivity index (χ0n) is 24.3. The topological polar surface area (TPSA) is 81.2 Å². The number of carbonyl (C=O) groups is 3. The molecule has 2 bridgehead atoms. The Morgan fingerprint density at radius 1 is 1.05 bits per heavy atom. The maximum Gasteiger partial charge on any atom is 0.247 e. The first-order valence-corrected chi connectivity index (χ1v) is 15.8. The van der Waals surface area contributed by atoms with Crippen molar-refractivity contribution in [2.45, 2.75) is 54.8 Å². The fourth-order valence-electron chi connectivity index (χ4n) is 7.31. The molecule has 1 N–H and O–H groups in total. The van der Waals surface area contributed by atoms with Gasteiger partial charge in [-0.2, -0.15) is 0 Å². The Hall–Kier alpha value is -3.36. The zero-order valence-corrected chi connectivity index (χ0v) is 25.1. The second kappa shape index (κ2) is 12.9. The van der Waals surface area contributed by atoms with Crippen LogP contribution in [0, 0.1) is 11.8 Å². The van der Waals surface area contributed by atoms with E-state index in [-0.39, 0.29) is 29.6 Å². The molecular formula is C34H41N3O4S. The van der Waals surface area contributed by atoms with Gasteiger partial charge in [-0.15, -0.1) is 24.9 Å². The summed E-state index contributed by atoms with van der Waals surface area (Å²) in [6.07, 6.45) is 5.68. The molecule has 6 atom stereocenters. The van der Waals surface area contributed by atoms with Crippen molar-refractivity contribution in [1.82, 2.24) is 14.7 Å². The number of carbonyl (C=O) groups excluding carboxylic acids is 3. The van der Waals surface area contributed by atoms with Crippen LogP contribution in [-0.2, 0) is 20.9 Å². The van der Waals surface area contributed by atoms with E-state index in [0.717, 1.165) is 24.0 Å². The largest absolute Gasteiger partial charge is 0.394 e. The summed E-state index contributed by atoms with van der Waals surface area (Å²) in [6, 6.07) is 17.7. The monoisotopic (exact) mass is 587 g/mol. The van der Waals surface area contributed by atoms with Crippen LogP contribution in [0.3, 0.4) is 0 Å². The summed E-state index contributed by atoms with van der Waals surface area (Å²) in [5.41, 5.74) is 1.75. The third-order valence-electron chi connectivity index (χ3n) is 8.98. The summed E-state index contributed by atoms with van der Waals surface area (Å²) in [7, 11) is 0. The quantitative estimate of drug-likeness (QED) is 0.351. The Bertz CT molecular complexity index is 1300. The fraction of sp³-hybridized carbons (Fsp3) is 0.441. The van der Waals surface area contributed by atoms with Gasteiger partial charge in [-0.1, -0.05) is 79.7 Å². The van der Waals surface area contributed by atoms with Gasteiger partial charge in [-0.3, -0.25) is 14.4 Å². The van der Waals surface area contributed by atoms with Crippen LogP contribution in [0.5, 0.6) is 0 Å². The summed E-state index contributed by atoms with van der Waals surface area (Å²) in [4.78, 5) is 48.7. The van der Waals surface area contributed by atoms with Crippen LogP contribution < -0.4 is 0 Å². The minimum Gasteiger partial charge on any atom is -0.394 e. The molecule has 2 unspecified atom stereocenters. The van der Waals surface area contributed by atoms with Crippen LogP contribution in [0.25, 0.3) is 0 Å². The van der Waals surface area contributed by atoms with E-state index in [1.807, 2.05) is 67.6 Å². The third-order valence-corrected chi connectivity index (χ3v) is 10.9. The molecule has 3 saturated heterocycles. The number of aliphatic hydroxyl groups is 1. The van der Waals surface area contributed by atoms with Crippen molar-refractivity contribution >= 4 is 29.5 Å². The molecule has 0 aromatic heterocycles. The molecule has 0 radical (unpaired) electrons. The molecular weight excluding hydrogens is 546 g/mol.